The Bertz CT molecular complexity index is 1640. The lowest BCUT2D eigenvalue weighted by atomic mass is 9.90. The number of Topliss-reactive ketones (excluding diaryl/α,β-unsaturated/α-hetero) is 1. The van der Waals surface area contributed by atoms with Crippen molar-refractivity contribution in [3.8, 4) is 0 Å². The Labute approximate surface area is 318 Å². The largest absolute Gasteiger partial charge is 0.449 e. The van der Waals surface area contributed by atoms with Crippen LogP contribution >= 0.6 is 0 Å². The van der Waals surface area contributed by atoms with Gasteiger partial charge in [0.2, 0.25) is 17.6 Å². The van der Waals surface area contributed by atoms with Crippen LogP contribution in [0.15, 0.2) is 59.0 Å². The highest BCUT2D eigenvalue weighted by atomic mass is 16.5. The Balaban J connectivity index is 1.20. The third kappa shape index (κ3) is 10.9. The van der Waals surface area contributed by atoms with E-state index in [9.17, 15) is 19.2 Å². The van der Waals surface area contributed by atoms with Crippen LogP contribution in [0.4, 0.5) is 4.79 Å². The second-order valence-electron chi connectivity index (χ2n) is 15.4. The molecule has 1 saturated heterocycles. The summed E-state index contributed by atoms with van der Waals surface area (Å²) in [5.41, 5.74) is 7.84. The average molecular weight is 744 g/mol. The maximum Gasteiger partial charge on any atom is 0.407 e. The quantitative estimate of drug-likeness (QED) is 0.103. The molecule has 1 aliphatic heterocycles. The number of ether oxygens (including phenoxy) is 2. The van der Waals surface area contributed by atoms with Crippen LogP contribution in [-0.2, 0) is 25.5 Å². The summed E-state index contributed by atoms with van der Waals surface area (Å²) in [7, 11) is 0. The number of carbonyl (C=O) groups excluding carboxylic acids is 4. The number of oxazole rings is 1. The Hall–Kier alpha value is -4.29. The number of benzene rings is 2. The number of ketones is 1. The van der Waals surface area contributed by atoms with Crippen molar-refractivity contribution in [2.45, 2.75) is 121 Å². The summed E-state index contributed by atoms with van der Waals surface area (Å²) >= 11 is 0. The number of hydrogen-bond acceptors (Lipinski definition) is 9. The molecule has 0 bridgehead atoms. The summed E-state index contributed by atoms with van der Waals surface area (Å²) in [6.07, 6.45) is 11.8. The van der Waals surface area contributed by atoms with Crippen LogP contribution in [-0.4, -0.2) is 84.1 Å². The fraction of sp³-hybridized carbons (Fsp3) is 0.595. The third-order valence-electron chi connectivity index (χ3n) is 11.3. The minimum atomic E-state index is -0.936. The predicted octanol–water partition coefficient (Wildman–Crippen LogP) is 6.11. The van der Waals surface area contributed by atoms with Crippen molar-refractivity contribution >= 4 is 34.8 Å². The van der Waals surface area contributed by atoms with Crippen molar-refractivity contribution in [2.75, 3.05) is 26.3 Å². The molecule has 3 fully saturated rings. The van der Waals surface area contributed by atoms with Crippen LogP contribution in [0.2, 0.25) is 0 Å². The lowest BCUT2D eigenvalue weighted by Gasteiger charge is -2.29. The van der Waals surface area contributed by atoms with E-state index in [0.29, 0.717) is 74.8 Å². The van der Waals surface area contributed by atoms with Crippen LogP contribution in [0.1, 0.15) is 106 Å². The van der Waals surface area contributed by atoms with Gasteiger partial charge >= 0.3 is 6.09 Å². The highest BCUT2D eigenvalue weighted by molar-refractivity contribution is 6.01. The zero-order chi connectivity index (χ0) is 37.7. The van der Waals surface area contributed by atoms with Crippen molar-refractivity contribution in [1.82, 2.24) is 20.5 Å². The van der Waals surface area contributed by atoms with Crippen molar-refractivity contribution < 1.29 is 33.1 Å². The SMILES string of the molecule is NCCCC[C@H](NC(=O)[C@@H]1C[C@@H](OCC2CCCCC2)CN1C(=O)[C@@H](CCc1ccccc1)NC(=O)OCC1CCCC1)C(=O)c1nc2ccccc2o1. The highest BCUT2D eigenvalue weighted by Crippen LogP contribution is 2.29. The Morgan fingerprint density at radius 2 is 1.54 bits per heavy atom. The van der Waals surface area contributed by atoms with Gasteiger partial charge in [0.15, 0.2) is 5.58 Å². The molecule has 4 atom stereocenters. The molecule has 0 radical (unpaired) electrons. The van der Waals surface area contributed by atoms with Gasteiger partial charge in [-0.25, -0.2) is 9.78 Å². The standard InChI is InChI=1S/C42H57N5O7/c43-24-12-11-20-34(38(48)40-45-33-19-9-10-21-37(33)54-40)44-39(49)36-25-32(52-27-30-15-5-2-6-16-30)26-47(36)41(50)35(23-22-29-13-3-1-4-14-29)46-42(51)53-28-31-17-7-8-18-31/h1,3-4,9-10,13-14,19,21,30-32,34-36H,2,5-8,11-12,15-18,20,22-28,43H2,(H,44,49)(H,46,51)/t32-,34+,35-,36+/m1/s1. The first-order valence-corrected chi connectivity index (χ1v) is 20.2. The minimum Gasteiger partial charge on any atom is -0.449 e. The number of alkyl carbamates (subject to hydrolysis) is 1. The molecule has 0 unspecified atom stereocenters. The summed E-state index contributed by atoms with van der Waals surface area (Å²) in [5, 5.41) is 5.83. The molecule has 3 aliphatic rings. The van der Waals surface area contributed by atoms with Gasteiger partial charge in [0.1, 0.15) is 17.6 Å². The molecule has 2 heterocycles. The van der Waals surface area contributed by atoms with Crippen molar-refractivity contribution in [1.29, 1.82) is 0 Å². The molecule has 292 valence electrons. The van der Waals surface area contributed by atoms with E-state index in [0.717, 1.165) is 44.1 Å². The number of hydrogen-bond donors (Lipinski definition) is 3. The number of aryl methyl sites for hydroxylation is 1. The van der Waals surface area contributed by atoms with E-state index in [1.165, 1.54) is 24.2 Å². The van der Waals surface area contributed by atoms with Gasteiger partial charge in [0.25, 0.3) is 5.89 Å². The number of nitrogens with one attached hydrogen (secondary N) is 2. The third-order valence-corrected chi connectivity index (χ3v) is 11.3. The predicted molar refractivity (Wildman–Crippen MR) is 205 cm³/mol. The number of para-hydroxylation sites is 2. The van der Waals surface area contributed by atoms with Gasteiger partial charge in [-0.3, -0.25) is 14.4 Å². The molecule has 2 aromatic carbocycles. The van der Waals surface area contributed by atoms with E-state index in [1.54, 1.807) is 18.2 Å². The van der Waals surface area contributed by atoms with Gasteiger partial charge in [0, 0.05) is 19.6 Å². The maximum absolute atomic E-state index is 14.6. The van der Waals surface area contributed by atoms with Gasteiger partial charge in [0.05, 0.1) is 18.8 Å². The van der Waals surface area contributed by atoms with E-state index < -0.39 is 35.9 Å². The average Bonchev–Trinajstić information content (AvgIpc) is 3.98. The van der Waals surface area contributed by atoms with Crippen LogP contribution in [0.25, 0.3) is 11.1 Å². The number of nitrogens with two attached hydrogens (primary N) is 1. The van der Waals surface area contributed by atoms with Crippen molar-refractivity contribution in [3.05, 3.63) is 66.1 Å². The van der Waals surface area contributed by atoms with E-state index in [2.05, 4.69) is 15.6 Å². The second kappa shape index (κ2) is 19.9. The first kappa shape index (κ1) is 39.4. The Morgan fingerprint density at radius 3 is 2.28 bits per heavy atom. The molecule has 3 aromatic rings. The molecule has 54 heavy (non-hydrogen) atoms. The van der Waals surface area contributed by atoms with Crippen LogP contribution in [0.3, 0.4) is 0 Å². The van der Waals surface area contributed by atoms with Gasteiger partial charge in [-0.2, -0.15) is 0 Å². The van der Waals surface area contributed by atoms with Crippen LogP contribution < -0.4 is 16.4 Å². The smallest absolute Gasteiger partial charge is 0.407 e. The van der Waals surface area contributed by atoms with E-state index in [-0.39, 0.29) is 30.9 Å². The first-order chi connectivity index (χ1) is 26.4. The molecule has 6 rings (SSSR count). The first-order valence-electron chi connectivity index (χ1n) is 20.2. The summed E-state index contributed by atoms with van der Waals surface area (Å²) in [4.78, 5) is 61.9. The lowest BCUT2D eigenvalue weighted by Crippen LogP contribution is -2.55. The number of unbranched alkanes of at least 4 members (excludes halogenated alkanes) is 1. The molecular formula is C42H57N5O7. The molecule has 12 heteroatoms. The molecule has 0 spiro atoms. The molecular weight excluding hydrogens is 686 g/mol. The highest BCUT2D eigenvalue weighted by Gasteiger charge is 2.44. The Morgan fingerprint density at radius 1 is 0.833 bits per heavy atom. The van der Waals surface area contributed by atoms with Gasteiger partial charge in [-0.05, 0) is 93.9 Å². The van der Waals surface area contributed by atoms with Gasteiger partial charge < -0.3 is 35.2 Å². The monoisotopic (exact) mass is 743 g/mol. The maximum atomic E-state index is 14.6. The normalized spacial score (nSPS) is 20.5. The minimum absolute atomic E-state index is 0.0800. The van der Waals surface area contributed by atoms with Gasteiger partial charge in [-0.15, -0.1) is 0 Å². The van der Waals surface area contributed by atoms with Crippen LogP contribution in [0, 0.1) is 11.8 Å². The summed E-state index contributed by atoms with van der Waals surface area (Å²) < 4.78 is 17.9. The second-order valence-corrected chi connectivity index (χ2v) is 15.4. The number of amides is 3. The zero-order valence-electron chi connectivity index (χ0n) is 31.4. The van der Waals surface area contributed by atoms with Crippen LogP contribution in [0.5, 0.6) is 0 Å². The van der Waals surface area contributed by atoms with E-state index >= 15 is 0 Å². The summed E-state index contributed by atoms with van der Waals surface area (Å²) in [5.74, 6) is -0.573. The fourth-order valence-electron chi connectivity index (χ4n) is 8.16. The Kier molecular flexibility index (Phi) is 14.5. The fourth-order valence-corrected chi connectivity index (χ4v) is 8.16. The lowest BCUT2D eigenvalue weighted by molar-refractivity contribution is -0.140. The summed E-state index contributed by atoms with van der Waals surface area (Å²) in [6.45, 7) is 1.53. The zero-order valence-corrected chi connectivity index (χ0v) is 31.4. The van der Waals surface area contributed by atoms with Crippen molar-refractivity contribution in [3.63, 3.8) is 0 Å². The molecule has 1 aromatic heterocycles. The van der Waals surface area contributed by atoms with E-state index in [4.69, 9.17) is 19.6 Å². The molecule has 2 saturated carbocycles. The molecule has 12 nitrogen and oxygen atoms in total. The van der Waals surface area contributed by atoms with Gasteiger partial charge in [-0.1, -0.05) is 74.6 Å². The number of carbonyl (C=O) groups is 4. The number of aromatic nitrogens is 1. The number of nitrogens with zero attached hydrogens (tertiary/aromatic N) is 2. The number of likely N-dealkylation sites (tertiary alicyclic amines) is 1. The number of fused-ring (bicyclic) bond motifs is 1. The summed E-state index contributed by atoms with van der Waals surface area (Å²) in [6, 6.07) is 14.1. The molecule has 3 amide bonds. The molecule has 2 aliphatic carbocycles. The topological polar surface area (TPSA) is 166 Å². The van der Waals surface area contributed by atoms with Crippen molar-refractivity contribution in [2.24, 2.45) is 17.6 Å². The number of rotatable bonds is 18. The van der Waals surface area contributed by atoms with E-state index in [1.807, 2.05) is 36.4 Å². The molecule has 4 N–H and O–H groups in total.